The number of carbonyl (C=O) groups is 1. The molecule has 0 unspecified atom stereocenters. The number of fused-ring (bicyclic) bond motifs is 1. The average molecular weight is 305 g/mol. The second-order valence-corrected chi connectivity index (χ2v) is 5.54. The molecule has 1 aliphatic carbocycles. The van der Waals surface area contributed by atoms with Gasteiger partial charge < -0.3 is 4.74 Å². The summed E-state index contributed by atoms with van der Waals surface area (Å²) in [5, 5.41) is 0.0955. The van der Waals surface area contributed by atoms with Crippen LogP contribution >= 0.6 is 11.6 Å². The van der Waals surface area contributed by atoms with Gasteiger partial charge in [-0.3, -0.25) is 4.79 Å². The average Bonchev–Trinajstić information content (AvgIpc) is 2.49. The Morgan fingerprint density at radius 3 is 2.81 bits per heavy atom. The highest BCUT2D eigenvalue weighted by Crippen LogP contribution is 2.26. The molecule has 0 amide bonds. The molecule has 0 saturated heterocycles. The zero-order valence-corrected chi connectivity index (χ0v) is 12.1. The Kier molecular flexibility index (Phi) is 3.93. The van der Waals surface area contributed by atoms with Crippen molar-refractivity contribution in [3.8, 4) is 5.75 Å². The summed E-state index contributed by atoms with van der Waals surface area (Å²) in [4.78, 5) is 11.9. The van der Waals surface area contributed by atoms with Crippen LogP contribution in [-0.2, 0) is 13.0 Å². The maximum atomic E-state index is 13.3. The van der Waals surface area contributed by atoms with Gasteiger partial charge in [0, 0.05) is 12.0 Å². The molecule has 3 rings (SSSR count). The Hall–Kier alpha value is -1.87. The number of hydrogen-bond acceptors (Lipinski definition) is 2. The molecule has 0 aliphatic heterocycles. The van der Waals surface area contributed by atoms with E-state index in [1.165, 1.54) is 12.1 Å². The Bertz CT molecular complexity index is 697. The molecule has 4 heteroatoms. The third kappa shape index (κ3) is 3.08. The van der Waals surface area contributed by atoms with E-state index in [-0.39, 0.29) is 17.4 Å². The van der Waals surface area contributed by atoms with Crippen molar-refractivity contribution in [2.75, 3.05) is 0 Å². The summed E-state index contributed by atoms with van der Waals surface area (Å²) in [7, 11) is 0. The zero-order valence-electron chi connectivity index (χ0n) is 11.4. The maximum Gasteiger partial charge on any atom is 0.163 e. The van der Waals surface area contributed by atoms with Gasteiger partial charge in [0.1, 0.15) is 18.2 Å². The van der Waals surface area contributed by atoms with Crippen molar-refractivity contribution >= 4 is 17.4 Å². The van der Waals surface area contributed by atoms with Gasteiger partial charge >= 0.3 is 0 Å². The van der Waals surface area contributed by atoms with Crippen LogP contribution in [0.25, 0.3) is 0 Å². The molecule has 2 nitrogen and oxygen atoms in total. The number of ether oxygens (including phenoxy) is 1. The zero-order chi connectivity index (χ0) is 14.8. The van der Waals surface area contributed by atoms with Crippen LogP contribution in [-0.4, -0.2) is 5.78 Å². The van der Waals surface area contributed by atoms with Gasteiger partial charge in [0.05, 0.1) is 5.02 Å². The number of Topliss-reactive ketones (excluding diaryl/α,β-unsaturated/α-hetero) is 1. The standard InChI is InChI=1S/C17H14ClFO2/c18-15-7-4-11(8-16(15)19)10-21-13-6-5-12-2-1-3-17(20)14(12)9-13/h4-9H,1-3,10H2. The molecule has 0 bridgehead atoms. The molecular formula is C17H14ClFO2. The predicted octanol–water partition coefficient (Wildman–Crippen LogP) is 4.58. The Morgan fingerprint density at radius 1 is 1.14 bits per heavy atom. The van der Waals surface area contributed by atoms with Crippen LogP contribution in [0.5, 0.6) is 5.75 Å². The van der Waals surface area contributed by atoms with Crippen molar-refractivity contribution in [2.45, 2.75) is 25.9 Å². The summed E-state index contributed by atoms with van der Waals surface area (Å²) in [6, 6.07) is 10.1. The number of hydrogen-bond donors (Lipinski definition) is 0. The summed E-state index contributed by atoms with van der Waals surface area (Å²) in [6.07, 6.45) is 2.44. The number of halogens is 2. The van der Waals surface area contributed by atoms with Crippen LogP contribution in [0.4, 0.5) is 4.39 Å². The Labute approximate surface area is 127 Å². The number of carbonyl (C=O) groups excluding carboxylic acids is 1. The van der Waals surface area contributed by atoms with Gasteiger partial charge in [-0.2, -0.15) is 0 Å². The Morgan fingerprint density at radius 2 is 2.00 bits per heavy atom. The van der Waals surface area contributed by atoms with Crippen LogP contribution in [0, 0.1) is 5.82 Å². The lowest BCUT2D eigenvalue weighted by atomic mass is 9.90. The molecule has 2 aromatic rings. The second-order valence-electron chi connectivity index (χ2n) is 5.13. The summed E-state index contributed by atoms with van der Waals surface area (Å²) >= 11 is 5.64. The lowest BCUT2D eigenvalue weighted by Crippen LogP contribution is -2.10. The van der Waals surface area contributed by atoms with E-state index in [4.69, 9.17) is 16.3 Å². The fraction of sp³-hybridized carbons (Fsp3) is 0.235. The molecule has 108 valence electrons. The first kappa shape index (κ1) is 14.1. The number of benzene rings is 2. The highest BCUT2D eigenvalue weighted by Gasteiger charge is 2.17. The van der Waals surface area contributed by atoms with Gasteiger partial charge in [-0.15, -0.1) is 0 Å². The molecule has 0 heterocycles. The fourth-order valence-corrected chi connectivity index (χ4v) is 2.61. The minimum Gasteiger partial charge on any atom is -0.489 e. The minimum atomic E-state index is -0.460. The molecule has 21 heavy (non-hydrogen) atoms. The molecule has 0 radical (unpaired) electrons. The van der Waals surface area contributed by atoms with Gasteiger partial charge in [-0.1, -0.05) is 23.7 Å². The van der Waals surface area contributed by atoms with Crippen molar-refractivity contribution in [1.29, 1.82) is 0 Å². The molecule has 1 aliphatic rings. The highest BCUT2D eigenvalue weighted by atomic mass is 35.5. The van der Waals surface area contributed by atoms with E-state index >= 15 is 0 Å². The lowest BCUT2D eigenvalue weighted by Gasteiger charge is -2.16. The largest absolute Gasteiger partial charge is 0.489 e. The van der Waals surface area contributed by atoms with Crippen molar-refractivity contribution in [1.82, 2.24) is 0 Å². The van der Waals surface area contributed by atoms with Gasteiger partial charge in [0.25, 0.3) is 0 Å². The first-order valence-electron chi connectivity index (χ1n) is 6.86. The van der Waals surface area contributed by atoms with Gasteiger partial charge in [0.2, 0.25) is 0 Å². The molecule has 0 N–H and O–H groups in total. The summed E-state index contributed by atoms with van der Waals surface area (Å²) in [5.74, 6) is 0.331. The third-order valence-electron chi connectivity index (χ3n) is 3.62. The van der Waals surface area contributed by atoms with E-state index in [9.17, 15) is 9.18 Å². The van der Waals surface area contributed by atoms with Gasteiger partial charge in [-0.25, -0.2) is 4.39 Å². The monoisotopic (exact) mass is 304 g/mol. The molecular weight excluding hydrogens is 291 g/mol. The Balaban J connectivity index is 1.75. The molecule has 0 fully saturated rings. The van der Waals surface area contributed by atoms with Crippen molar-refractivity contribution in [3.05, 3.63) is 63.9 Å². The summed E-state index contributed by atoms with van der Waals surface area (Å²) in [6.45, 7) is 0.237. The number of rotatable bonds is 3. The number of aryl methyl sites for hydroxylation is 1. The molecule has 0 atom stereocenters. The third-order valence-corrected chi connectivity index (χ3v) is 3.93. The van der Waals surface area contributed by atoms with Crippen LogP contribution in [0.15, 0.2) is 36.4 Å². The van der Waals surface area contributed by atoms with Crippen LogP contribution in [0.1, 0.15) is 34.3 Å². The van der Waals surface area contributed by atoms with Crippen LogP contribution < -0.4 is 4.74 Å². The maximum absolute atomic E-state index is 13.3. The van der Waals surface area contributed by atoms with Crippen LogP contribution in [0.2, 0.25) is 5.02 Å². The lowest BCUT2D eigenvalue weighted by molar-refractivity contribution is 0.0972. The topological polar surface area (TPSA) is 26.3 Å². The quantitative estimate of drug-likeness (QED) is 0.830. The van der Waals surface area contributed by atoms with Gasteiger partial charge in [0.15, 0.2) is 5.78 Å². The first-order valence-corrected chi connectivity index (χ1v) is 7.24. The van der Waals surface area contributed by atoms with Gasteiger partial charge in [-0.05, 0) is 48.2 Å². The van der Waals surface area contributed by atoms with E-state index < -0.39 is 5.82 Å². The number of ketones is 1. The smallest absolute Gasteiger partial charge is 0.163 e. The van der Waals surface area contributed by atoms with E-state index in [1.807, 2.05) is 12.1 Å². The van der Waals surface area contributed by atoms with E-state index in [0.717, 1.165) is 24.0 Å². The minimum absolute atomic E-state index is 0.0955. The molecule has 0 aromatic heterocycles. The molecule has 2 aromatic carbocycles. The predicted molar refractivity (Wildman–Crippen MR) is 79.5 cm³/mol. The van der Waals surface area contributed by atoms with Crippen molar-refractivity contribution in [3.63, 3.8) is 0 Å². The SMILES string of the molecule is O=C1CCCc2ccc(OCc3ccc(Cl)c(F)c3)cc21. The second kappa shape index (κ2) is 5.86. The normalized spacial score (nSPS) is 13.9. The summed E-state index contributed by atoms with van der Waals surface area (Å²) < 4.78 is 19.0. The van der Waals surface area contributed by atoms with E-state index in [1.54, 1.807) is 12.1 Å². The molecule has 0 saturated carbocycles. The first-order chi connectivity index (χ1) is 10.1. The molecule has 0 spiro atoms. The highest BCUT2D eigenvalue weighted by molar-refractivity contribution is 6.30. The summed E-state index contributed by atoms with van der Waals surface area (Å²) in [5.41, 5.74) is 2.53. The van der Waals surface area contributed by atoms with E-state index in [0.29, 0.717) is 17.7 Å². The van der Waals surface area contributed by atoms with Crippen LogP contribution in [0.3, 0.4) is 0 Å². The fourth-order valence-electron chi connectivity index (χ4n) is 2.49. The van der Waals surface area contributed by atoms with E-state index in [2.05, 4.69) is 0 Å². The van der Waals surface area contributed by atoms with Crippen molar-refractivity contribution < 1.29 is 13.9 Å². The van der Waals surface area contributed by atoms with Crippen molar-refractivity contribution in [2.24, 2.45) is 0 Å².